The van der Waals surface area contributed by atoms with Crippen LogP contribution >= 0.6 is 0 Å². The van der Waals surface area contributed by atoms with Crippen molar-refractivity contribution in [3.05, 3.63) is 29.3 Å². The molecule has 0 saturated carbocycles. The zero-order valence-electron chi connectivity index (χ0n) is 10.3. The number of amides is 2. The highest BCUT2D eigenvalue weighted by molar-refractivity contribution is 5.98. The van der Waals surface area contributed by atoms with E-state index in [9.17, 15) is 9.59 Å². The molecule has 2 amide bonds. The summed E-state index contributed by atoms with van der Waals surface area (Å²) in [6.07, 6.45) is 0.848. The molecular formula is C13H17N3O2. The number of carbonyl (C=O) groups is 2. The number of primary amides is 1. The zero-order valence-corrected chi connectivity index (χ0v) is 10.3. The molecule has 1 aromatic carbocycles. The van der Waals surface area contributed by atoms with Crippen LogP contribution in [0.15, 0.2) is 18.2 Å². The van der Waals surface area contributed by atoms with Crippen LogP contribution in [-0.2, 0) is 4.79 Å². The molecule has 0 aliphatic carbocycles. The van der Waals surface area contributed by atoms with Gasteiger partial charge >= 0.3 is 0 Å². The molecular weight excluding hydrogens is 230 g/mol. The quantitative estimate of drug-likeness (QED) is 0.733. The number of carbonyl (C=O) groups excluding carboxylic acids is 2. The number of nitrogens with two attached hydrogens (primary N) is 1. The minimum Gasteiger partial charge on any atom is -0.366 e. The van der Waals surface area contributed by atoms with E-state index in [0.29, 0.717) is 17.8 Å². The Morgan fingerprint density at radius 3 is 2.83 bits per heavy atom. The number of hydrogen-bond acceptors (Lipinski definition) is 3. The standard InChI is InChI=1S/C13H17N3O2/c1-8-2-3-10(6-11(8)12(14)17)16-13(18)9-4-5-15-7-9/h2-3,6,9,15H,4-5,7H2,1H3,(H2,14,17)(H,16,18). The van der Waals surface area contributed by atoms with Gasteiger partial charge in [0, 0.05) is 17.8 Å². The number of aryl methyl sites for hydroxylation is 1. The fourth-order valence-corrected chi connectivity index (χ4v) is 2.09. The van der Waals surface area contributed by atoms with Crippen LogP contribution in [0.3, 0.4) is 0 Å². The second-order valence-corrected chi connectivity index (χ2v) is 4.57. The van der Waals surface area contributed by atoms with Gasteiger partial charge in [0.05, 0.1) is 5.92 Å². The third kappa shape index (κ3) is 2.68. The lowest BCUT2D eigenvalue weighted by molar-refractivity contribution is -0.119. The van der Waals surface area contributed by atoms with E-state index in [1.807, 2.05) is 6.92 Å². The van der Waals surface area contributed by atoms with Crippen molar-refractivity contribution in [2.45, 2.75) is 13.3 Å². The predicted octanol–water partition coefficient (Wildman–Crippen LogP) is 0.642. The number of nitrogens with one attached hydrogen (secondary N) is 2. The molecule has 18 heavy (non-hydrogen) atoms. The van der Waals surface area contributed by atoms with Gasteiger partial charge in [-0.25, -0.2) is 0 Å². The smallest absolute Gasteiger partial charge is 0.249 e. The monoisotopic (exact) mass is 247 g/mol. The van der Waals surface area contributed by atoms with Crippen molar-refractivity contribution in [2.75, 3.05) is 18.4 Å². The molecule has 1 saturated heterocycles. The van der Waals surface area contributed by atoms with Gasteiger partial charge in [-0.2, -0.15) is 0 Å². The maximum absolute atomic E-state index is 11.9. The summed E-state index contributed by atoms with van der Waals surface area (Å²) in [4.78, 5) is 23.1. The highest BCUT2D eigenvalue weighted by Crippen LogP contribution is 2.17. The van der Waals surface area contributed by atoms with Crippen LogP contribution in [0.1, 0.15) is 22.3 Å². The van der Waals surface area contributed by atoms with Crippen molar-refractivity contribution in [2.24, 2.45) is 11.7 Å². The van der Waals surface area contributed by atoms with Crippen LogP contribution in [0.25, 0.3) is 0 Å². The summed E-state index contributed by atoms with van der Waals surface area (Å²) in [5.41, 5.74) is 7.14. The Labute approximate surface area is 106 Å². The van der Waals surface area contributed by atoms with Gasteiger partial charge in [0.15, 0.2) is 0 Å². The van der Waals surface area contributed by atoms with Crippen LogP contribution in [-0.4, -0.2) is 24.9 Å². The molecule has 4 N–H and O–H groups in total. The van der Waals surface area contributed by atoms with Gasteiger partial charge in [-0.15, -0.1) is 0 Å². The Hall–Kier alpha value is -1.88. The number of rotatable bonds is 3. The SMILES string of the molecule is Cc1ccc(NC(=O)C2CCNC2)cc1C(N)=O. The van der Waals surface area contributed by atoms with Gasteiger partial charge in [-0.3, -0.25) is 9.59 Å². The van der Waals surface area contributed by atoms with E-state index in [-0.39, 0.29) is 11.8 Å². The Morgan fingerprint density at radius 1 is 1.44 bits per heavy atom. The van der Waals surface area contributed by atoms with Gasteiger partial charge < -0.3 is 16.4 Å². The Kier molecular flexibility index (Phi) is 3.62. The molecule has 0 bridgehead atoms. The van der Waals surface area contributed by atoms with Crippen LogP contribution in [0.5, 0.6) is 0 Å². The van der Waals surface area contributed by atoms with E-state index in [4.69, 9.17) is 5.73 Å². The first-order chi connectivity index (χ1) is 8.58. The normalized spacial score (nSPS) is 18.6. The van der Waals surface area contributed by atoms with Crippen molar-refractivity contribution in [1.29, 1.82) is 0 Å². The first-order valence-corrected chi connectivity index (χ1v) is 6.00. The highest BCUT2D eigenvalue weighted by atomic mass is 16.2. The van der Waals surface area contributed by atoms with Crippen LogP contribution in [0.4, 0.5) is 5.69 Å². The molecule has 5 heteroatoms. The van der Waals surface area contributed by atoms with Gasteiger partial charge in [0.1, 0.15) is 0 Å². The first-order valence-electron chi connectivity index (χ1n) is 6.00. The van der Waals surface area contributed by atoms with E-state index in [1.165, 1.54) is 0 Å². The minimum absolute atomic E-state index is 0.00308. The zero-order chi connectivity index (χ0) is 13.1. The molecule has 1 atom stereocenters. The fraction of sp³-hybridized carbons (Fsp3) is 0.385. The fourth-order valence-electron chi connectivity index (χ4n) is 2.09. The summed E-state index contributed by atoms with van der Waals surface area (Å²) in [5.74, 6) is -0.492. The van der Waals surface area contributed by atoms with Crippen molar-refractivity contribution in [3.8, 4) is 0 Å². The van der Waals surface area contributed by atoms with E-state index in [1.54, 1.807) is 18.2 Å². The molecule has 2 rings (SSSR count). The third-order valence-electron chi connectivity index (χ3n) is 3.20. The lowest BCUT2D eigenvalue weighted by Crippen LogP contribution is -2.25. The number of anilines is 1. The van der Waals surface area contributed by atoms with Crippen molar-refractivity contribution in [3.63, 3.8) is 0 Å². The van der Waals surface area contributed by atoms with Crippen LogP contribution in [0.2, 0.25) is 0 Å². The predicted molar refractivity (Wildman–Crippen MR) is 69.3 cm³/mol. The van der Waals surface area contributed by atoms with Crippen molar-refractivity contribution in [1.82, 2.24) is 5.32 Å². The van der Waals surface area contributed by atoms with E-state index >= 15 is 0 Å². The molecule has 1 aliphatic heterocycles. The molecule has 1 aromatic rings. The average Bonchev–Trinajstić information content (AvgIpc) is 2.85. The molecule has 0 radical (unpaired) electrons. The second kappa shape index (κ2) is 5.18. The summed E-state index contributed by atoms with van der Waals surface area (Å²) in [6, 6.07) is 5.18. The molecule has 0 spiro atoms. The maximum Gasteiger partial charge on any atom is 0.249 e. The van der Waals surface area contributed by atoms with Crippen molar-refractivity contribution < 1.29 is 9.59 Å². The van der Waals surface area contributed by atoms with Gasteiger partial charge in [-0.1, -0.05) is 6.07 Å². The minimum atomic E-state index is -0.480. The third-order valence-corrected chi connectivity index (χ3v) is 3.20. The van der Waals surface area contributed by atoms with Gasteiger partial charge in [-0.05, 0) is 37.6 Å². The summed E-state index contributed by atoms with van der Waals surface area (Å²) in [7, 11) is 0. The molecule has 1 heterocycles. The molecule has 96 valence electrons. The second-order valence-electron chi connectivity index (χ2n) is 4.57. The van der Waals surface area contributed by atoms with Gasteiger partial charge in [0.25, 0.3) is 0 Å². The summed E-state index contributed by atoms with van der Waals surface area (Å²) >= 11 is 0. The number of benzene rings is 1. The van der Waals surface area contributed by atoms with E-state index < -0.39 is 5.91 Å². The topological polar surface area (TPSA) is 84.2 Å². The molecule has 5 nitrogen and oxygen atoms in total. The van der Waals surface area contributed by atoms with E-state index in [2.05, 4.69) is 10.6 Å². The van der Waals surface area contributed by atoms with Crippen LogP contribution in [0, 0.1) is 12.8 Å². The summed E-state index contributed by atoms with van der Waals surface area (Å²) in [5, 5.41) is 5.96. The lowest BCUT2D eigenvalue weighted by atomic mass is 10.1. The first kappa shape index (κ1) is 12.6. The van der Waals surface area contributed by atoms with Crippen LogP contribution < -0.4 is 16.4 Å². The molecule has 0 aromatic heterocycles. The largest absolute Gasteiger partial charge is 0.366 e. The molecule has 1 fully saturated rings. The Balaban J connectivity index is 2.11. The molecule has 1 aliphatic rings. The Bertz CT molecular complexity index is 479. The van der Waals surface area contributed by atoms with E-state index in [0.717, 1.165) is 18.5 Å². The highest BCUT2D eigenvalue weighted by Gasteiger charge is 2.22. The summed E-state index contributed by atoms with van der Waals surface area (Å²) < 4.78 is 0. The van der Waals surface area contributed by atoms with Gasteiger partial charge in [0.2, 0.25) is 11.8 Å². The average molecular weight is 247 g/mol. The van der Waals surface area contributed by atoms with Crippen molar-refractivity contribution >= 4 is 17.5 Å². The number of hydrogen-bond donors (Lipinski definition) is 3. The Morgan fingerprint density at radius 2 is 2.22 bits per heavy atom. The molecule has 1 unspecified atom stereocenters. The maximum atomic E-state index is 11.9. The summed E-state index contributed by atoms with van der Waals surface area (Å²) in [6.45, 7) is 3.39. The lowest BCUT2D eigenvalue weighted by Gasteiger charge is -2.11.